The van der Waals surface area contributed by atoms with Gasteiger partial charge in [0.2, 0.25) is 0 Å². The topological polar surface area (TPSA) is 79.3 Å². The summed E-state index contributed by atoms with van der Waals surface area (Å²) in [5.74, 6) is 0.0965. The second-order valence-corrected chi connectivity index (χ2v) is 6.26. The summed E-state index contributed by atoms with van der Waals surface area (Å²) in [5, 5.41) is 12.3. The minimum Gasteiger partial charge on any atom is -0.478 e. The lowest BCUT2D eigenvalue weighted by Gasteiger charge is -2.10. The average Bonchev–Trinajstić information content (AvgIpc) is 2.80. The lowest BCUT2D eigenvalue weighted by atomic mass is 10.1. The Balaban J connectivity index is 2.10. The van der Waals surface area contributed by atoms with E-state index in [1.165, 1.54) is 0 Å². The molecule has 0 spiro atoms. The molecule has 0 aromatic carbocycles. The highest BCUT2D eigenvalue weighted by molar-refractivity contribution is 7.84. The molecule has 0 amide bonds. The van der Waals surface area contributed by atoms with Crippen LogP contribution in [0.25, 0.3) is 0 Å². The number of fused-ring (bicyclic) bond motifs is 1. The number of carboxylic acids is 1. The molecule has 2 N–H and O–H groups in total. The van der Waals surface area contributed by atoms with Gasteiger partial charge in [-0.05, 0) is 37.3 Å². The largest absolute Gasteiger partial charge is 0.478 e. The van der Waals surface area contributed by atoms with Crippen LogP contribution in [0.5, 0.6) is 0 Å². The van der Waals surface area contributed by atoms with Crippen LogP contribution in [0, 0.1) is 0 Å². The van der Waals surface area contributed by atoms with Gasteiger partial charge >= 0.3 is 5.97 Å². The van der Waals surface area contributed by atoms with E-state index in [4.69, 9.17) is 0 Å². The fraction of sp³-hybridized carbons (Fsp3) is 0.538. The maximum Gasteiger partial charge on any atom is 0.339 e. The summed E-state index contributed by atoms with van der Waals surface area (Å²) in [4.78, 5) is 15.7. The van der Waals surface area contributed by atoms with E-state index in [2.05, 4.69) is 10.3 Å². The Kier molecular flexibility index (Phi) is 4.52. The maximum atomic E-state index is 11.2. The number of rotatable bonds is 6. The third-order valence-corrected chi connectivity index (χ3v) is 4.05. The smallest absolute Gasteiger partial charge is 0.339 e. The van der Waals surface area contributed by atoms with E-state index in [-0.39, 0.29) is 5.56 Å². The number of hydrogen-bond acceptors (Lipinski definition) is 4. The number of aromatic carboxylic acids is 1. The number of carbonyl (C=O) groups is 1. The summed E-state index contributed by atoms with van der Waals surface area (Å²) in [6, 6.07) is 1.73. The number of aryl methyl sites for hydroxylation is 2. The van der Waals surface area contributed by atoms with Crippen LogP contribution in [0.1, 0.15) is 34.5 Å². The Morgan fingerprint density at radius 2 is 2.32 bits per heavy atom. The molecule has 0 saturated carbocycles. The predicted octanol–water partition coefficient (Wildman–Crippen LogP) is 1.45. The van der Waals surface area contributed by atoms with Crippen LogP contribution in [0.15, 0.2) is 6.07 Å². The van der Waals surface area contributed by atoms with Gasteiger partial charge in [0.05, 0.1) is 0 Å². The Bertz CT molecular complexity index is 517. The van der Waals surface area contributed by atoms with E-state index in [0.717, 1.165) is 36.9 Å². The number of anilines is 1. The van der Waals surface area contributed by atoms with Crippen molar-refractivity contribution in [2.45, 2.75) is 25.7 Å². The van der Waals surface area contributed by atoms with Crippen molar-refractivity contribution in [2.75, 3.05) is 23.9 Å². The van der Waals surface area contributed by atoms with E-state index in [0.29, 0.717) is 18.1 Å². The molecule has 2 rings (SSSR count). The molecule has 1 aromatic rings. The maximum absolute atomic E-state index is 11.2. The van der Waals surface area contributed by atoms with Crippen LogP contribution in [0.2, 0.25) is 0 Å². The van der Waals surface area contributed by atoms with Gasteiger partial charge in [0, 0.05) is 35.0 Å². The molecule has 0 bridgehead atoms. The molecule has 5 nitrogen and oxygen atoms in total. The fourth-order valence-corrected chi connectivity index (χ4v) is 2.80. The third-order valence-electron chi connectivity index (χ3n) is 3.18. The van der Waals surface area contributed by atoms with Gasteiger partial charge < -0.3 is 10.4 Å². The van der Waals surface area contributed by atoms with E-state index >= 15 is 0 Å². The van der Waals surface area contributed by atoms with Crippen molar-refractivity contribution in [3.05, 3.63) is 22.9 Å². The van der Waals surface area contributed by atoms with Crippen LogP contribution in [0.3, 0.4) is 0 Å². The van der Waals surface area contributed by atoms with Crippen LogP contribution < -0.4 is 5.32 Å². The van der Waals surface area contributed by atoms with Crippen molar-refractivity contribution in [1.82, 2.24) is 4.98 Å². The van der Waals surface area contributed by atoms with E-state index in [1.807, 2.05) is 0 Å². The summed E-state index contributed by atoms with van der Waals surface area (Å²) in [5.41, 5.74) is 2.29. The molecule has 1 unspecified atom stereocenters. The number of hydrogen-bond donors (Lipinski definition) is 2. The minimum atomic E-state index is -0.955. The number of aromatic nitrogens is 1. The molecular weight excluding hydrogens is 264 g/mol. The predicted molar refractivity (Wildman–Crippen MR) is 75.3 cm³/mol. The van der Waals surface area contributed by atoms with Gasteiger partial charge in [-0.1, -0.05) is 0 Å². The van der Waals surface area contributed by atoms with Gasteiger partial charge in [0.25, 0.3) is 0 Å². The summed E-state index contributed by atoms with van der Waals surface area (Å²) in [6.45, 7) is 0.589. The number of pyridine rings is 1. The van der Waals surface area contributed by atoms with Crippen LogP contribution >= 0.6 is 0 Å². The molecule has 0 radical (unpaired) electrons. The van der Waals surface area contributed by atoms with E-state index < -0.39 is 16.8 Å². The fourth-order valence-electron chi connectivity index (χ4n) is 2.25. The van der Waals surface area contributed by atoms with Crippen molar-refractivity contribution in [2.24, 2.45) is 0 Å². The lowest BCUT2D eigenvalue weighted by molar-refractivity contribution is 0.0697. The molecule has 1 atom stereocenters. The van der Waals surface area contributed by atoms with E-state index in [1.54, 1.807) is 12.3 Å². The molecule has 104 valence electrons. The first-order valence-electron chi connectivity index (χ1n) is 6.38. The van der Waals surface area contributed by atoms with E-state index in [9.17, 15) is 14.1 Å². The van der Waals surface area contributed by atoms with Crippen molar-refractivity contribution in [1.29, 1.82) is 0 Å². The zero-order valence-electron chi connectivity index (χ0n) is 10.9. The van der Waals surface area contributed by atoms with Crippen LogP contribution in [0.4, 0.5) is 5.82 Å². The monoisotopic (exact) mass is 282 g/mol. The number of carboxylic acid groups (broad SMARTS) is 1. The van der Waals surface area contributed by atoms with Crippen molar-refractivity contribution >= 4 is 22.6 Å². The van der Waals surface area contributed by atoms with Crippen LogP contribution in [-0.2, 0) is 23.6 Å². The number of nitrogens with zero attached hydrogens (tertiary/aromatic N) is 1. The van der Waals surface area contributed by atoms with Crippen molar-refractivity contribution in [3.63, 3.8) is 0 Å². The molecule has 1 heterocycles. The van der Waals surface area contributed by atoms with Crippen molar-refractivity contribution < 1.29 is 14.1 Å². The molecule has 1 aliphatic carbocycles. The molecular formula is C13H18N2O3S. The molecule has 0 saturated heterocycles. The summed E-state index contributed by atoms with van der Waals surface area (Å²) in [7, 11) is -0.814. The first-order chi connectivity index (χ1) is 9.08. The second kappa shape index (κ2) is 6.14. The Morgan fingerprint density at radius 1 is 1.53 bits per heavy atom. The van der Waals surface area contributed by atoms with Gasteiger partial charge in [-0.3, -0.25) is 4.21 Å². The highest BCUT2D eigenvalue weighted by atomic mass is 32.2. The average molecular weight is 282 g/mol. The van der Waals surface area contributed by atoms with Gasteiger partial charge in [0.1, 0.15) is 11.4 Å². The molecule has 1 aliphatic rings. The normalized spacial score (nSPS) is 15.0. The third kappa shape index (κ3) is 3.53. The zero-order chi connectivity index (χ0) is 13.8. The van der Waals surface area contributed by atoms with Gasteiger partial charge in [-0.15, -0.1) is 0 Å². The van der Waals surface area contributed by atoms with Gasteiger partial charge in [0.15, 0.2) is 0 Å². The SMILES string of the molecule is CS(=O)CCCNc1nc2c(cc1C(=O)O)CCC2. The standard InChI is InChI=1S/C13H18N2O3S/c1-19(18)7-3-6-14-12-10(13(16)17)8-9-4-2-5-11(9)15-12/h8H,2-7H2,1H3,(H,14,15)(H,16,17). The van der Waals surface area contributed by atoms with Crippen LogP contribution in [-0.4, -0.2) is 38.8 Å². The summed E-state index contributed by atoms with van der Waals surface area (Å²) >= 11 is 0. The molecule has 6 heteroatoms. The molecule has 0 fully saturated rings. The van der Waals surface area contributed by atoms with Crippen molar-refractivity contribution in [3.8, 4) is 0 Å². The Morgan fingerprint density at radius 3 is 3.00 bits per heavy atom. The van der Waals surface area contributed by atoms with Gasteiger partial charge in [-0.2, -0.15) is 0 Å². The molecule has 1 aromatic heterocycles. The first kappa shape index (κ1) is 14.0. The first-order valence-corrected chi connectivity index (χ1v) is 8.10. The highest BCUT2D eigenvalue weighted by Crippen LogP contribution is 2.25. The number of nitrogens with one attached hydrogen (secondary N) is 1. The zero-order valence-corrected chi connectivity index (χ0v) is 11.8. The molecule has 19 heavy (non-hydrogen) atoms. The van der Waals surface area contributed by atoms with Gasteiger partial charge in [-0.25, -0.2) is 9.78 Å². The Labute approximate surface area is 114 Å². The minimum absolute atomic E-state index is 0.235. The highest BCUT2D eigenvalue weighted by Gasteiger charge is 2.19. The summed E-state index contributed by atoms with van der Waals surface area (Å²) in [6.07, 6.45) is 5.28. The quantitative estimate of drug-likeness (QED) is 0.772. The summed E-state index contributed by atoms with van der Waals surface area (Å²) < 4.78 is 11.0. The Hall–Kier alpha value is -1.43. The lowest BCUT2D eigenvalue weighted by Crippen LogP contribution is -2.13. The molecule has 0 aliphatic heterocycles. The second-order valence-electron chi connectivity index (χ2n) is 4.71.